The van der Waals surface area contributed by atoms with Crippen LogP contribution in [0.3, 0.4) is 0 Å². The highest BCUT2D eigenvalue weighted by atomic mass is 32.2. The van der Waals surface area contributed by atoms with Gasteiger partial charge in [0, 0.05) is 38.6 Å². The van der Waals surface area contributed by atoms with E-state index in [9.17, 15) is 13.2 Å². The number of para-hydroxylation sites is 1. The number of likely N-dealkylation sites (tertiary alicyclic amines) is 1. The molecule has 0 radical (unpaired) electrons. The standard InChI is InChI=1S/C19H24N4O3S/c1-2-21-13-10-20-18(21)19(24)22-11-5-7-16(14-22)27(25,26)23-12-9-15-6-3-4-8-17(15)23/h3-4,6,8,10,13,16H,2,5,7,9,11-12,14H2,1H3. The summed E-state index contributed by atoms with van der Waals surface area (Å²) >= 11 is 0. The summed E-state index contributed by atoms with van der Waals surface area (Å²) in [6.07, 6.45) is 5.37. The van der Waals surface area contributed by atoms with Crippen LogP contribution in [-0.4, -0.2) is 53.7 Å². The van der Waals surface area contributed by atoms with Gasteiger partial charge in [0.2, 0.25) is 10.0 Å². The number of imidazole rings is 1. The number of hydrogen-bond donors (Lipinski definition) is 0. The number of benzene rings is 1. The summed E-state index contributed by atoms with van der Waals surface area (Å²) in [6.45, 7) is 3.87. The molecule has 27 heavy (non-hydrogen) atoms. The van der Waals surface area contributed by atoms with Crippen molar-refractivity contribution >= 4 is 21.6 Å². The van der Waals surface area contributed by atoms with Gasteiger partial charge >= 0.3 is 0 Å². The minimum Gasteiger partial charge on any atom is -0.335 e. The molecule has 0 saturated carbocycles. The summed E-state index contributed by atoms with van der Waals surface area (Å²) < 4.78 is 29.9. The van der Waals surface area contributed by atoms with E-state index in [1.807, 2.05) is 31.2 Å². The summed E-state index contributed by atoms with van der Waals surface area (Å²) in [6, 6.07) is 7.65. The number of anilines is 1. The third-order valence-corrected chi connectivity index (χ3v) is 7.71. The van der Waals surface area contributed by atoms with Crippen molar-refractivity contribution in [3.05, 3.63) is 48.0 Å². The van der Waals surface area contributed by atoms with Gasteiger partial charge in [0.05, 0.1) is 10.9 Å². The number of piperidine rings is 1. The van der Waals surface area contributed by atoms with Gasteiger partial charge in [0.25, 0.3) is 5.91 Å². The van der Waals surface area contributed by atoms with Crippen LogP contribution in [0.2, 0.25) is 0 Å². The Morgan fingerprint density at radius 1 is 1.26 bits per heavy atom. The fourth-order valence-electron chi connectivity index (χ4n) is 4.02. The van der Waals surface area contributed by atoms with Gasteiger partial charge in [-0.05, 0) is 37.8 Å². The van der Waals surface area contributed by atoms with Crippen molar-refractivity contribution in [3.63, 3.8) is 0 Å². The normalized spacial score (nSPS) is 20.0. The van der Waals surface area contributed by atoms with Crippen LogP contribution >= 0.6 is 0 Å². The smallest absolute Gasteiger partial charge is 0.289 e. The van der Waals surface area contributed by atoms with Crippen molar-refractivity contribution in [1.82, 2.24) is 14.5 Å². The lowest BCUT2D eigenvalue weighted by molar-refractivity contribution is 0.0709. The topological polar surface area (TPSA) is 75.5 Å². The Kier molecular flexibility index (Phi) is 4.67. The fourth-order valence-corrected chi connectivity index (χ4v) is 6.01. The Morgan fingerprint density at radius 3 is 2.89 bits per heavy atom. The number of fused-ring (bicyclic) bond motifs is 1. The second-order valence-corrected chi connectivity index (χ2v) is 9.19. The van der Waals surface area contributed by atoms with Crippen molar-refractivity contribution in [1.29, 1.82) is 0 Å². The molecule has 4 rings (SSSR count). The third-order valence-electron chi connectivity index (χ3n) is 5.49. The van der Waals surface area contributed by atoms with E-state index in [0.29, 0.717) is 38.3 Å². The molecule has 1 amide bonds. The molecule has 0 bridgehead atoms. The van der Waals surface area contributed by atoms with Gasteiger partial charge in [-0.1, -0.05) is 18.2 Å². The largest absolute Gasteiger partial charge is 0.335 e. The molecule has 2 aromatic rings. The summed E-state index contributed by atoms with van der Waals surface area (Å²) in [5, 5.41) is -0.577. The molecule has 2 aliphatic heterocycles. The first-order valence-corrected chi connectivity index (χ1v) is 10.9. The molecule has 3 heterocycles. The van der Waals surface area contributed by atoms with E-state index in [1.165, 1.54) is 4.31 Å². The van der Waals surface area contributed by atoms with Gasteiger partial charge in [-0.2, -0.15) is 0 Å². The lowest BCUT2D eigenvalue weighted by Gasteiger charge is -2.34. The molecular weight excluding hydrogens is 364 g/mol. The van der Waals surface area contributed by atoms with Crippen LogP contribution in [0.4, 0.5) is 5.69 Å². The quantitative estimate of drug-likeness (QED) is 0.802. The van der Waals surface area contributed by atoms with Crippen molar-refractivity contribution in [3.8, 4) is 0 Å². The average molecular weight is 388 g/mol. The number of aryl methyl sites for hydroxylation is 1. The number of rotatable bonds is 4. The maximum absolute atomic E-state index is 13.3. The minimum absolute atomic E-state index is 0.191. The first kappa shape index (κ1) is 18.0. The number of amides is 1. The Morgan fingerprint density at radius 2 is 2.07 bits per heavy atom. The van der Waals surface area contributed by atoms with Gasteiger partial charge in [0.1, 0.15) is 0 Å². The predicted molar refractivity (Wildman–Crippen MR) is 103 cm³/mol. The van der Waals surface area contributed by atoms with Crippen molar-refractivity contribution in [2.45, 2.75) is 38.0 Å². The van der Waals surface area contributed by atoms with Crippen LogP contribution in [-0.2, 0) is 23.0 Å². The molecule has 0 spiro atoms. The molecule has 0 aliphatic carbocycles. The van der Waals surface area contributed by atoms with Gasteiger partial charge < -0.3 is 9.47 Å². The molecule has 1 fully saturated rings. The zero-order valence-corrected chi connectivity index (χ0v) is 16.2. The predicted octanol–water partition coefficient (Wildman–Crippen LogP) is 1.90. The SMILES string of the molecule is CCn1ccnc1C(=O)N1CCCC(S(=O)(=O)N2CCc3ccccc32)C1. The van der Waals surface area contributed by atoms with E-state index < -0.39 is 15.3 Å². The van der Waals surface area contributed by atoms with Crippen LogP contribution in [0.15, 0.2) is 36.7 Å². The lowest BCUT2D eigenvalue weighted by atomic mass is 10.1. The van der Waals surface area contributed by atoms with Crippen LogP contribution in [0, 0.1) is 0 Å². The first-order chi connectivity index (χ1) is 13.0. The van der Waals surface area contributed by atoms with E-state index in [4.69, 9.17) is 0 Å². The summed E-state index contributed by atoms with van der Waals surface area (Å²) in [7, 11) is -3.51. The van der Waals surface area contributed by atoms with Crippen molar-refractivity contribution in [2.75, 3.05) is 23.9 Å². The summed E-state index contributed by atoms with van der Waals surface area (Å²) in [5.74, 6) is 0.186. The van der Waals surface area contributed by atoms with Crippen LogP contribution in [0.25, 0.3) is 0 Å². The van der Waals surface area contributed by atoms with E-state index in [1.54, 1.807) is 21.9 Å². The van der Waals surface area contributed by atoms with Gasteiger partial charge in [0.15, 0.2) is 5.82 Å². The maximum Gasteiger partial charge on any atom is 0.289 e. The highest BCUT2D eigenvalue weighted by Crippen LogP contribution is 2.33. The van der Waals surface area contributed by atoms with Crippen molar-refractivity contribution < 1.29 is 13.2 Å². The number of carbonyl (C=O) groups is 1. The fraction of sp³-hybridized carbons (Fsp3) is 0.474. The van der Waals surface area contributed by atoms with Crippen LogP contribution < -0.4 is 4.31 Å². The summed E-state index contributed by atoms with van der Waals surface area (Å²) in [5.41, 5.74) is 1.84. The Balaban J connectivity index is 1.55. The monoisotopic (exact) mass is 388 g/mol. The molecule has 7 nitrogen and oxygen atoms in total. The van der Waals surface area contributed by atoms with Crippen LogP contribution in [0.1, 0.15) is 35.9 Å². The number of hydrogen-bond acceptors (Lipinski definition) is 4. The van der Waals surface area contributed by atoms with Gasteiger partial charge in [-0.15, -0.1) is 0 Å². The number of carbonyl (C=O) groups excluding carboxylic acids is 1. The third kappa shape index (κ3) is 3.12. The number of nitrogens with zero attached hydrogens (tertiary/aromatic N) is 4. The Hall–Kier alpha value is -2.35. The first-order valence-electron chi connectivity index (χ1n) is 9.42. The molecular formula is C19H24N4O3S. The van der Waals surface area contributed by atoms with Gasteiger partial charge in [-0.25, -0.2) is 13.4 Å². The highest BCUT2D eigenvalue weighted by Gasteiger charge is 2.39. The van der Waals surface area contributed by atoms with E-state index in [0.717, 1.165) is 17.7 Å². The molecule has 1 atom stereocenters. The highest BCUT2D eigenvalue weighted by molar-refractivity contribution is 7.93. The second-order valence-electron chi connectivity index (χ2n) is 7.05. The lowest BCUT2D eigenvalue weighted by Crippen LogP contribution is -2.49. The number of aromatic nitrogens is 2. The van der Waals surface area contributed by atoms with Crippen LogP contribution in [0.5, 0.6) is 0 Å². The molecule has 1 saturated heterocycles. The molecule has 8 heteroatoms. The molecule has 1 aromatic carbocycles. The Bertz CT molecular complexity index is 953. The zero-order valence-electron chi connectivity index (χ0n) is 15.4. The minimum atomic E-state index is -3.51. The molecule has 2 aliphatic rings. The van der Waals surface area contributed by atoms with E-state index >= 15 is 0 Å². The molecule has 1 unspecified atom stereocenters. The average Bonchev–Trinajstić information content (AvgIpc) is 3.34. The van der Waals surface area contributed by atoms with Gasteiger partial charge in [-0.3, -0.25) is 9.10 Å². The second kappa shape index (κ2) is 6.99. The Labute approximate surface area is 159 Å². The van der Waals surface area contributed by atoms with Crippen molar-refractivity contribution in [2.24, 2.45) is 0 Å². The summed E-state index contributed by atoms with van der Waals surface area (Å²) in [4.78, 5) is 18.7. The number of sulfonamides is 1. The van der Waals surface area contributed by atoms with E-state index in [2.05, 4.69) is 4.98 Å². The zero-order chi connectivity index (χ0) is 19.0. The van der Waals surface area contributed by atoms with E-state index in [-0.39, 0.29) is 12.5 Å². The molecule has 1 aromatic heterocycles. The molecule has 0 N–H and O–H groups in total. The maximum atomic E-state index is 13.3. The molecule has 144 valence electrons.